The van der Waals surface area contributed by atoms with Crippen LogP contribution in [0.3, 0.4) is 0 Å². The minimum Gasteiger partial charge on any atom is -0.379 e. The van der Waals surface area contributed by atoms with Gasteiger partial charge in [0, 0.05) is 19.8 Å². The van der Waals surface area contributed by atoms with E-state index in [4.69, 9.17) is 9.47 Å². The van der Waals surface area contributed by atoms with Crippen LogP contribution >= 0.6 is 0 Å². The number of hydrogen-bond donors (Lipinski definition) is 1. The molecular formula is C15H22FNO4S. The summed E-state index contributed by atoms with van der Waals surface area (Å²) in [5.74, 6) is -0.743. The maximum Gasteiger partial charge on any atom is 0.243 e. The highest BCUT2D eigenvalue weighted by Gasteiger charge is 2.18. The first-order chi connectivity index (χ1) is 10.5. The molecule has 22 heavy (non-hydrogen) atoms. The zero-order valence-electron chi connectivity index (χ0n) is 12.7. The van der Waals surface area contributed by atoms with Gasteiger partial charge in [-0.3, -0.25) is 0 Å². The van der Waals surface area contributed by atoms with Gasteiger partial charge in [-0.15, -0.1) is 0 Å². The molecule has 1 atom stereocenters. The molecule has 1 N–H and O–H groups in total. The number of benzene rings is 1. The van der Waals surface area contributed by atoms with Crippen molar-refractivity contribution in [3.05, 3.63) is 29.6 Å². The number of hydrogen-bond acceptors (Lipinski definition) is 4. The fraction of sp³-hybridized carbons (Fsp3) is 0.600. The average Bonchev–Trinajstić information content (AvgIpc) is 2.98. The fourth-order valence-electron chi connectivity index (χ4n) is 2.27. The monoisotopic (exact) mass is 331 g/mol. The molecule has 7 heteroatoms. The van der Waals surface area contributed by atoms with Crippen LogP contribution in [0.25, 0.3) is 0 Å². The molecule has 0 aliphatic carbocycles. The topological polar surface area (TPSA) is 64.6 Å². The van der Waals surface area contributed by atoms with Gasteiger partial charge in [0.15, 0.2) is 0 Å². The number of sulfonamides is 1. The summed E-state index contributed by atoms with van der Waals surface area (Å²) in [4.78, 5) is -0.312. The predicted molar refractivity (Wildman–Crippen MR) is 80.7 cm³/mol. The molecule has 5 nitrogen and oxygen atoms in total. The molecule has 1 unspecified atom stereocenters. The van der Waals surface area contributed by atoms with Gasteiger partial charge in [-0.2, -0.15) is 0 Å². The van der Waals surface area contributed by atoms with Crippen LogP contribution in [0, 0.1) is 12.7 Å². The Morgan fingerprint density at radius 2 is 2.27 bits per heavy atom. The lowest BCUT2D eigenvalue weighted by Crippen LogP contribution is -2.27. The quantitative estimate of drug-likeness (QED) is 0.740. The summed E-state index contributed by atoms with van der Waals surface area (Å²) in [7, 11) is -3.82. The van der Waals surface area contributed by atoms with Crippen LogP contribution in [0.2, 0.25) is 0 Å². The summed E-state index contributed by atoms with van der Waals surface area (Å²) < 4.78 is 50.9. The number of halogens is 1. The highest BCUT2D eigenvalue weighted by molar-refractivity contribution is 7.89. The maximum atomic E-state index is 13.6. The smallest absolute Gasteiger partial charge is 0.243 e. The first-order valence-electron chi connectivity index (χ1n) is 7.44. The first kappa shape index (κ1) is 17.3. The molecule has 0 aromatic heterocycles. The summed E-state index contributed by atoms with van der Waals surface area (Å²) in [5.41, 5.74) is 0.696. The third-order valence-electron chi connectivity index (χ3n) is 3.46. The predicted octanol–water partition coefficient (Wildman–Crippen LogP) is 2.00. The highest BCUT2D eigenvalue weighted by atomic mass is 32.2. The standard InChI is InChI=1S/C15H22FNO4S/c1-12-5-6-14(16)15(10-12)22(18,19)17-7-3-8-20-11-13-4-2-9-21-13/h5-6,10,13,17H,2-4,7-9,11H2,1H3. The van der Waals surface area contributed by atoms with Crippen LogP contribution < -0.4 is 4.72 Å². The van der Waals surface area contributed by atoms with Gasteiger partial charge in [-0.1, -0.05) is 6.07 Å². The van der Waals surface area contributed by atoms with Crippen molar-refractivity contribution < 1.29 is 22.3 Å². The van der Waals surface area contributed by atoms with Crippen LogP contribution in [-0.4, -0.2) is 40.9 Å². The minimum absolute atomic E-state index is 0.165. The summed E-state index contributed by atoms with van der Waals surface area (Å²) >= 11 is 0. The molecule has 1 aromatic carbocycles. The minimum atomic E-state index is -3.82. The Labute approximate surface area is 130 Å². The van der Waals surface area contributed by atoms with Crippen LogP contribution in [-0.2, 0) is 19.5 Å². The molecule has 124 valence electrons. The van der Waals surface area contributed by atoms with Crippen molar-refractivity contribution >= 4 is 10.0 Å². The molecule has 0 saturated carbocycles. The van der Waals surface area contributed by atoms with Crippen molar-refractivity contribution in [1.29, 1.82) is 0 Å². The van der Waals surface area contributed by atoms with E-state index in [9.17, 15) is 12.8 Å². The number of rotatable bonds is 8. The summed E-state index contributed by atoms with van der Waals surface area (Å²) in [5, 5.41) is 0. The zero-order chi connectivity index (χ0) is 16.0. The molecule has 1 saturated heterocycles. The second kappa shape index (κ2) is 8.01. The summed E-state index contributed by atoms with van der Waals surface area (Å²) in [6, 6.07) is 4.02. The van der Waals surface area contributed by atoms with Crippen LogP contribution in [0.4, 0.5) is 4.39 Å². The van der Waals surface area contributed by atoms with E-state index in [0.29, 0.717) is 25.2 Å². The molecular weight excluding hydrogens is 309 g/mol. The van der Waals surface area contributed by atoms with Gasteiger partial charge < -0.3 is 9.47 Å². The maximum absolute atomic E-state index is 13.6. The molecule has 1 fully saturated rings. The summed E-state index contributed by atoms with van der Waals surface area (Å²) in [6.45, 7) is 3.70. The van der Waals surface area contributed by atoms with Crippen LogP contribution in [0.1, 0.15) is 24.8 Å². The molecule has 2 rings (SSSR count). The lowest BCUT2D eigenvalue weighted by molar-refractivity contribution is 0.0169. The number of ether oxygens (including phenoxy) is 2. The van der Waals surface area contributed by atoms with Gasteiger partial charge in [0.25, 0.3) is 0 Å². The van der Waals surface area contributed by atoms with Crippen molar-refractivity contribution in [3.63, 3.8) is 0 Å². The van der Waals surface area contributed by atoms with Crippen molar-refractivity contribution in [3.8, 4) is 0 Å². The van der Waals surface area contributed by atoms with Crippen molar-refractivity contribution in [2.75, 3.05) is 26.4 Å². The molecule has 1 aliphatic heterocycles. The Bertz CT molecular complexity index is 585. The largest absolute Gasteiger partial charge is 0.379 e. The van der Waals surface area contributed by atoms with Crippen molar-refractivity contribution in [2.45, 2.75) is 37.2 Å². The first-order valence-corrected chi connectivity index (χ1v) is 8.92. The number of nitrogens with one attached hydrogen (secondary N) is 1. The zero-order valence-corrected chi connectivity index (χ0v) is 13.5. The van der Waals surface area contributed by atoms with Crippen molar-refractivity contribution in [2.24, 2.45) is 0 Å². The normalized spacial score (nSPS) is 18.7. The highest BCUT2D eigenvalue weighted by Crippen LogP contribution is 2.16. The van der Waals surface area contributed by atoms with Crippen LogP contribution in [0.15, 0.2) is 23.1 Å². The lowest BCUT2D eigenvalue weighted by Gasteiger charge is -2.11. The van der Waals surface area contributed by atoms with Crippen molar-refractivity contribution in [1.82, 2.24) is 4.72 Å². The Hall–Kier alpha value is -1.02. The van der Waals surface area contributed by atoms with Gasteiger partial charge in [0.05, 0.1) is 12.7 Å². The third kappa shape index (κ3) is 5.01. The van der Waals surface area contributed by atoms with Gasteiger partial charge in [0.2, 0.25) is 10.0 Å². The van der Waals surface area contributed by atoms with Gasteiger partial charge in [-0.05, 0) is 43.9 Å². The van der Waals surface area contributed by atoms with E-state index < -0.39 is 15.8 Å². The van der Waals surface area contributed by atoms with E-state index in [1.54, 1.807) is 6.92 Å². The molecule has 0 bridgehead atoms. The second-order valence-electron chi connectivity index (χ2n) is 5.40. The van der Waals surface area contributed by atoms with E-state index in [1.165, 1.54) is 12.1 Å². The molecule has 1 heterocycles. The second-order valence-corrected chi connectivity index (χ2v) is 7.13. The number of aryl methyl sites for hydroxylation is 1. The fourth-order valence-corrected chi connectivity index (χ4v) is 3.50. The van der Waals surface area contributed by atoms with E-state index in [1.807, 2.05) is 0 Å². The average molecular weight is 331 g/mol. The van der Waals surface area contributed by atoms with Gasteiger partial charge in [0.1, 0.15) is 10.7 Å². The van der Waals surface area contributed by atoms with E-state index in [-0.39, 0.29) is 17.5 Å². The Kier molecular flexibility index (Phi) is 6.31. The Morgan fingerprint density at radius 1 is 1.45 bits per heavy atom. The third-order valence-corrected chi connectivity index (χ3v) is 4.94. The van der Waals surface area contributed by atoms with Crippen LogP contribution in [0.5, 0.6) is 0 Å². The Balaban J connectivity index is 1.72. The molecule has 0 spiro atoms. The van der Waals surface area contributed by atoms with Gasteiger partial charge in [-0.25, -0.2) is 17.5 Å². The van der Waals surface area contributed by atoms with E-state index >= 15 is 0 Å². The lowest BCUT2D eigenvalue weighted by atomic mass is 10.2. The summed E-state index contributed by atoms with van der Waals surface area (Å²) in [6.07, 6.45) is 2.77. The molecule has 0 radical (unpaired) electrons. The van der Waals surface area contributed by atoms with E-state index in [0.717, 1.165) is 25.5 Å². The molecule has 1 aliphatic rings. The Morgan fingerprint density at radius 3 is 3.00 bits per heavy atom. The SMILES string of the molecule is Cc1ccc(F)c(S(=O)(=O)NCCCOCC2CCCO2)c1. The van der Waals surface area contributed by atoms with Gasteiger partial charge >= 0.3 is 0 Å². The molecule has 1 aromatic rings. The molecule has 0 amide bonds. The van der Waals surface area contributed by atoms with E-state index in [2.05, 4.69) is 4.72 Å².